The highest BCUT2D eigenvalue weighted by atomic mass is 35.5. The monoisotopic (exact) mass is 211 g/mol. The van der Waals surface area contributed by atoms with E-state index in [-0.39, 0.29) is 0 Å². The fraction of sp³-hybridized carbons (Fsp3) is 0.545. The third-order valence-electron chi connectivity index (χ3n) is 3.28. The molecule has 1 aromatic rings. The first-order chi connectivity index (χ1) is 6.62. The van der Waals surface area contributed by atoms with Crippen LogP contribution in [0.3, 0.4) is 0 Å². The Labute approximate surface area is 88.9 Å². The minimum absolute atomic E-state index is 0.381. The van der Waals surface area contributed by atoms with Crippen molar-refractivity contribution in [2.45, 2.75) is 31.8 Å². The van der Waals surface area contributed by atoms with E-state index in [1.54, 1.807) is 12.4 Å². The van der Waals surface area contributed by atoms with Crippen LogP contribution < -0.4 is 0 Å². The summed E-state index contributed by atoms with van der Waals surface area (Å²) in [5, 5.41) is 10.8. The van der Waals surface area contributed by atoms with Crippen molar-refractivity contribution in [1.29, 1.82) is 0 Å². The van der Waals surface area contributed by atoms with E-state index in [4.69, 9.17) is 11.6 Å². The first kappa shape index (κ1) is 9.94. The average Bonchev–Trinajstić information content (AvgIpc) is 2.19. The Hall–Kier alpha value is -0.600. The summed E-state index contributed by atoms with van der Waals surface area (Å²) in [5.41, 5.74) is 0.459. The van der Waals surface area contributed by atoms with Crippen LogP contribution in [0.2, 0.25) is 5.02 Å². The van der Waals surface area contributed by atoms with Gasteiger partial charge in [0.15, 0.2) is 0 Å². The average molecular weight is 212 g/mol. The van der Waals surface area contributed by atoms with Gasteiger partial charge in [-0.2, -0.15) is 0 Å². The Bertz CT molecular complexity index is 342. The van der Waals surface area contributed by atoms with Gasteiger partial charge in [-0.3, -0.25) is 4.98 Å². The Morgan fingerprint density at radius 1 is 1.71 bits per heavy atom. The number of pyridine rings is 1. The van der Waals surface area contributed by atoms with Crippen LogP contribution in [0.5, 0.6) is 0 Å². The lowest BCUT2D eigenvalue weighted by atomic mass is 9.67. The second kappa shape index (κ2) is 3.52. The first-order valence-corrected chi connectivity index (χ1v) is 5.30. The quantitative estimate of drug-likeness (QED) is 0.815. The normalized spacial score (nSPS) is 31.2. The summed E-state index contributed by atoms with van der Waals surface area (Å²) in [5.74, 6) is 0.381. The van der Waals surface area contributed by atoms with Crippen molar-refractivity contribution in [2.24, 2.45) is 5.92 Å². The molecule has 0 aromatic carbocycles. The molecule has 2 nitrogen and oxygen atoms in total. The highest BCUT2D eigenvalue weighted by Gasteiger charge is 2.42. The molecule has 1 aliphatic carbocycles. The highest BCUT2D eigenvalue weighted by Crippen LogP contribution is 2.41. The van der Waals surface area contributed by atoms with E-state index >= 15 is 0 Å². The van der Waals surface area contributed by atoms with Crippen molar-refractivity contribution in [2.75, 3.05) is 0 Å². The van der Waals surface area contributed by atoms with Crippen LogP contribution in [0.4, 0.5) is 0 Å². The van der Waals surface area contributed by atoms with Crippen molar-refractivity contribution < 1.29 is 5.11 Å². The lowest BCUT2D eigenvalue weighted by molar-refractivity contribution is -0.0851. The van der Waals surface area contributed by atoms with Crippen molar-refractivity contribution >= 4 is 11.6 Å². The standard InChI is InChI=1S/C11H14ClNO/c1-8-2-4-11(8,14)6-9-3-5-13-7-10(9)12/h3,5,7-8,14H,2,4,6H2,1H3. The maximum Gasteiger partial charge on any atom is 0.0714 e. The van der Waals surface area contributed by atoms with Gasteiger partial charge in [-0.15, -0.1) is 0 Å². The summed E-state index contributed by atoms with van der Waals surface area (Å²) in [6.07, 6.45) is 5.99. The molecular formula is C11H14ClNO. The molecule has 0 bridgehead atoms. The van der Waals surface area contributed by atoms with Gasteiger partial charge in [-0.1, -0.05) is 18.5 Å². The van der Waals surface area contributed by atoms with Gasteiger partial charge in [0.25, 0.3) is 0 Å². The summed E-state index contributed by atoms with van der Waals surface area (Å²) in [6, 6.07) is 1.88. The molecule has 0 saturated heterocycles. The summed E-state index contributed by atoms with van der Waals surface area (Å²) < 4.78 is 0. The van der Waals surface area contributed by atoms with Crippen molar-refractivity contribution in [1.82, 2.24) is 4.98 Å². The lowest BCUT2D eigenvalue weighted by Gasteiger charge is -2.44. The Balaban J connectivity index is 2.15. The van der Waals surface area contributed by atoms with Gasteiger partial charge in [0.1, 0.15) is 0 Å². The van der Waals surface area contributed by atoms with E-state index in [0.717, 1.165) is 18.4 Å². The topological polar surface area (TPSA) is 33.1 Å². The maximum atomic E-state index is 10.2. The molecule has 0 spiro atoms. The predicted octanol–water partition coefficient (Wildman–Crippen LogP) is 2.44. The first-order valence-electron chi connectivity index (χ1n) is 4.92. The van der Waals surface area contributed by atoms with Crippen LogP contribution in [-0.4, -0.2) is 15.7 Å². The van der Waals surface area contributed by atoms with E-state index in [1.165, 1.54) is 0 Å². The number of nitrogens with zero attached hydrogens (tertiary/aromatic N) is 1. The molecule has 1 aliphatic rings. The SMILES string of the molecule is CC1CCC1(O)Cc1ccncc1Cl. The number of hydrogen-bond donors (Lipinski definition) is 1. The highest BCUT2D eigenvalue weighted by molar-refractivity contribution is 6.31. The van der Waals surface area contributed by atoms with Gasteiger partial charge in [0.2, 0.25) is 0 Å². The van der Waals surface area contributed by atoms with Gasteiger partial charge < -0.3 is 5.11 Å². The lowest BCUT2D eigenvalue weighted by Crippen LogP contribution is -2.47. The number of halogens is 1. The van der Waals surface area contributed by atoms with E-state index < -0.39 is 5.60 Å². The zero-order valence-electron chi connectivity index (χ0n) is 8.20. The van der Waals surface area contributed by atoms with E-state index in [9.17, 15) is 5.11 Å². The van der Waals surface area contributed by atoms with Crippen LogP contribution >= 0.6 is 11.6 Å². The van der Waals surface area contributed by atoms with Crippen LogP contribution in [0.15, 0.2) is 18.5 Å². The molecule has 3 heteroatoms. The van der Waals surface area contributed by atoms with Crippen molar-refractivity contribution in [3.05, 3.63) is 29.0 Å². The fourth-order valence-corrected chi connectivity index (χ4v) is 2.09. The minimum atomic E-state index is -0.537. The molecule has 1 heterocycles. The Morgan fingerprint density at radius 3 is 3.00 bits per heavy atom. The van der Waals surface area contributed by atoms with Gasteiger partial charge in [-0.25, -0.2) is 0 Å². The van der Waals surface area contributed by atoms with E-state index in [1.807, 2.05) is 6.07 Å². The van der Waals surface area contributed by atoms with E-state index in [0.29, 0.717) is 17.4 Å². The van der Waals surface area contributed by atoms with Gasteiger partial charge in [-0.05, 0) is 30.4 Å². The molecule has 1 saturated carbocycles. The van der Waals surface area contributed by atoms with Crippen LogP contribution in [0.1, 0.15) is 25.3 Å². The molecule has 2 rings (SSSR count). The Morgan fingerprint density at radius 2 is 2.50 bits per heavy atom. The smallest absolute Gasteiger partial charge is 0.0714 e. The third kappa shape index (κ3) is 1.64. The second-order valence-electron chi connectivity index (χ2n) is 4.19. The number of aromatic nitrogens is 1. The molecule has 14 heavy (non-hydrogen) atoms. The summed E-state index contributed by atoms with van der Waals surface area (Å²) in [4.78, 5) is 3.92. The zero-order valence-corrected chi connectivity index (χ0v) is 8.96. The largest absolute Gasteiger partial charge is 0.389 e. The van der Waals surface area contributed by atoms with Crippen LogP contribution in [-0.2, 0) is 6.42 Å². The number of rotatable bonds is 2. The number of hydrogen-bond acceptors (Lipinski definition) is 2. The van der Waals surface area contributed by atoms with Crippen LogP contribution in [0, 0.1) is 5.92 Å². The molecule has 1 aromatic heterocycles. The zero-order chi connectivity index (χ0) is 10.2. The number of aliphatic hydroxyl groups is 1. The van der Waals surface area contributed by atoms with Gasteiger partial charge in [0.05, 0.1) is 10.6 Å². The summed E-state index contributed by atoms with van der Waals surface area (Å²) in [7, 11) is 0. The molecule has 0 aliphatic heterocycles. The fourth-order valence-electron chi connectivity index (χ4n) is 1.91. The minimum Gasteiger partial charge on any atom is -0.389 e. The van der Waals surface area contributed by atoms with E-state index in [2.05, 4.69) is 11.9 Å². The maximum absolute atomic E-state index is 10.2. The molecular weight excluding hydrogens is 198 g/mol. The van der Waals surface area contributed by atoms with Crippen molar-refractivity contribution in [3.63, 3.8) is 0 Å². The molecule has 76 valence electrons. The third-order valence-corrected chi connectivity index (χ3v) is 3.62. The molecule has 2 atom stereocenters. The second-order valence-corrected chi connectivity index (χ2v) is 4.59. The predicted molar refractivity (Wildman–Crippen MR) is 56.3 cm³/mol. The molecule has 0 amide bonds. The summed E-state index contributed by atoms with van der Waals surface area (Å²) in [6.45, 7) is 2.08. The van der Waals surface area contributed by atoms with Crippen LogP contribution in [0.25, 0.3) is 0 Å². The van der Waals surface area contributed by atoms with Crippen molar-refractivity contribution in [3.8, 4) is 0 Å². The molecule has 0 radical (unpaired) electrons. The molecule has 1 fully saturated rings. The molecule has 2 unspecified atom stereocenters. The van der Waals surface area contributed by atoms with Gasteiger partial charge in [0, 0.05) is 18.8 Å². The Kier molecular flexibility index (Phi) is 2.50. The molecule has 1 N–H and O–H groups in total. The van der Waals surface area contributed by atoms with Gasteiger partial charge >= 0.3 is 0 Å². The summed E-state index contributed by atoms with van der Waals surface area (Å²) >= 11 is 5.99.